The Balaban J connectivity index is 1.59. The number of carbonyl (C=O) groups is 1. The zero-order chi connectivity index (χ0) is 15.5. The van der Waals surface area contributed by atoms with E-state index in [-0.39, 0.29) is 18.4 Å². The van der Waals surface area contributed by atoms with Gasteiger partial charge in [-0.25, -0.2) is 0 Å². The van der Waals surface area contributed by atoms with Gasteiger partial charge in [0, 0.05) is 19.8 Å². The first-order valence-corrected chi connectivity index (χ1v) is 7.61. The molecule has 1 amide bonds. The maximum atomic E-state index is 11.9. The van der Waals surface area contributed by atoms with Crippen molar-refractivity contribution in [3.8, 4) is 12.3 Å². The number of carbonyl (C=O) groups excluding carboxylic acids is 1. The maximum absolute atomic E-state index is 11.9. The molecular formula is C17H20N4O. The highest BCUT2D eigenvalue weighted by molar-refractivity contribution is 6.08. The molecule has 1 aromatic heterocycles. The molecule has 1 aromatic rings. The van der Waals surface area contributed by atoms with Crippen molar-refractivity contribution in [1.82, 2.24) is 15.2 Å². The summed E-state index contributed by atoms with van der Waals surface area (Å²) >= 11 is 0. The summed E-state index contributed by atoms with van der Waals surface area (Å²) in [6.07, 6.45) is 9.41. The SMILES string of the molecule is C#CCN(C)C(=O)CNCC1C(=NC2CC2)c2ccnc1c2. The molecule has 0 saturated heterocycles. The Morgan fingerprint density at radius 1 is 1.59 bits per heavy atom. The third kappa shape index (κ3) is 3.18. The number of rotatable bonds is 6. The van der Waals surface area contributed by atoms with Gasteiger partial charge in [-0.1, -0.05) is 5.92 Å². The fraction of sp³-hybridized carbons (Fsp3) is 0.471. The van der Waals surface area contributed by atoms with Crippen molar-refractivity contribution in [3.63, 3.8) is 0 Å². The molecule has 2 aliphatic rings. The van der Waals surface area contributed by atoms with Gasteiger partial charge in [0.15, 0.2) is 0 Å². The molecule has 0 aromatic carbocycles. The minimum absolute atomic E-state index is 0.00343. The normalized spacial score (nSPS) is 20.9. The smallest absolute Gasteiger partial charge is 0.237 e. The van der Waals surface area contributed by atoms with Crippen molar-refractivity contribution >= 4 is 11.6 Å². The van der Waals surface area contributed by atoms with Crippen LogP contribution in [0.2, 0.25) is 0 Å². The maximum Gasteiger partial charge on any atom is 0.237 e. The number of nitrogens with zero attached hydrogens (tertiary/aromatic N) is 3. The molecule has 0 aliphatic heterocycles. The summed E-state index contributed by atoms with van der Waals surface area (Å²) in [5, 5.41) is 3.22. The number of hydrogen-bond acceptors (Lipinski definition) is 4. The zero-order valence-corrected chi connectivity index (χ0v) is 12.7. The molecule has 1 atom stereocenters. The van der Waals surface area contributed by atoms with Crippen LogP contribution in [0.5, 0.6) is 0 Å². The highest BCUT2D eigenvalue weighted by atomic mass is 16.2. The van der Waals surface area contributed by atoms with Crippen molar-refractivity contribution in [1.29, 1.82) is 0 Å². The van der Waals surface area contributed by atoms with Gasteiger partial charge >= 0.3 is 0 Å². The van der Waals surface area contributed by atoms with E-state index >= 15 is 0 Å². The van der Waals surface area contributed by atoms with E-state index in [1.807, 2.05) is 12.3 Å². The van der Waals surface area contributed by atoms with Crippen molar-refractivity contribution in [3.05, 3.63) is 29.6 Å². The second-order valence-electron chi connectivity index (χ2n) is 5.85. The van der Waals surface area contributed by atoms with E-state index in [0.29, 0.717) is 19.1 Å². The van der Waals surface area contributed by atoms with Crippen molar-refractivity contribution in [2.75, 3.05) is 26.7 Å². The average molecular weight is 296 g/mol. The molecule has 0 spiro atoms. The average Bonchev–Trinajstić information content (AvgIpc) is 3.30. The van der Waals surface area contributed by atoms with Crippen LogP contribution in [0.4, 0.5) is 0 Å². The Kier molecular flexibility index (Phi) is 4.21. The largest absolute Gasteiger partial charge is 0.334 e. The van der Waals surface area contributed by atoms with Gasteiger partial charge in [0.2, 0.25) is 5.91 Å². The fourth-order valence-electron chi connectivity index (χ4n) is 2.59. The molecule has 1 N–H and O–H groups in total. The van der Waals surface area contributed by atoms with Gasteiger partial charge in [0.25, 0.3) is 0 Å². The minimum atomic E-state index is -0.00343. The molecule has 114 valence electrons. The quantitative estimate of drug-likeness (QED) is 0.791. The number of terminal acetylenes is 1. The van der Waals surface area contributed by atoms with Crippen LogP contribution in [0.15, 0.2) is 23.3 Å². The number of hydrogen-bond donors (Lipinski definition) is 1. The van der Waals surface area contributed by atoms with E-state index < -0.39 is 0 Å². The van der Waals surface area contributed by atoms with Crippen LogP contribution in [-0.2, 0) is 4.79 Å². The number of aromatic nitrogens is 1. The van der Waals surface area contributed by atoms with Crippen molar-refractivity contribution < 1.29 is 4.79 Å². The second kappa shape index (κ2) is 6.29. The van der Waals surface area contributed by atoms with Gasteiger partial charge in [-0.05, 0) is 30.5 Å². The highest BCUT2D eigenvalue weighted by Gasteiger charge is 2.31. The summed E-state index contributed by atoms with van der Waals surface area (Å²) in [7, 11) is 1.71. The van der Waals surface area contributed by atoms with Gasteiger partial charge < -0.3 is 10.2 Å². The topological polar surface area (TPSA) is 57.6 Å². The highest BCUT2D eigenvalue weighted by Crippen LogP contribution is 2.32. The summed E-state index contributed by atoms with van der Waals surface area (Å²) in [5.41, 5.74) is 3.32. The third-order valence-electron chi connectivity index (χ3n) is 4.01. The lowest BCUT2D eigenvalue weighted by atomic mass is 10.0. The van der Waals surface area contributed by atoms with Gasteiger partial charge in [-0.3, -0.25) is 14.8 Å². The van der Waals surface area contributed by atoms with Crippen molar-refractivity contribution in [2.24, 2.45) is 4.99 Å². The van der Waals surface area contributed by atoms with Gasteiger partial charge in [-0.15, -0.1) is 6.42 Å². The first-order valence-electron chi connectivity index (χ1n) is 7.61. The molecule has 5 nitrogen and oxygen atoms in total. The Bertz CT molecular complexity index is 642. The molecule has 1 saturated carbocycles. The molecule has 2 bridgehead atoms. The van der Waals surface area contributed by atoms with E-state index in [9.17, 15) is 4.79 Å². The standard InChI is InChI=1S/C17H20N4O/c1-3-8-21(2)16(22)11-18-10-14-15-9-12(6-7-19-15)17(14)20-13-4-5-13/h1,6-7,9,13-14,18H,4-5,8,10-11H2,2H3. The summed E-state index contributed by atoms with van der Waals surface area (Å²) in [6.45, 7) is 1.28. The van der Waals surface area contributed by atoms with Crippen LogP contribution in [0.25, 0.3) is 0 Å². The molecule has 1 unspecified atom stereocenters. The molecule has 3 rings (SSSR count). The van der Waals surface area contributed by atoms with Gasteiger partial charge in [-0.2, -0.15) is 0 Å². The Morgan fingerprint density at radius 3 is 3.14 bits per heavy atom. The number of fused-ring (bicyclic) bond motifs is 2. The fourth-order valence-corrected chi connectivity index (χ4v) is 2.59. The van der Waals surface area contributed by atoms with Crippen LogP contribution in [-0.4, -0.2) is 54.2 Å². The molecule has 1 fully saturated rings. The predicted molar refractivity (Wildman–Crippen MR) is 85.9 cm³/mol. The molecular weight excluding hydrogens is 276 g/mol. The molecule has 5 heteroatoms. The zero-order valence-electron chi connectivity index (χ0n) is 12.7. The Hall–Kier alpha value is -2.19. The molecule has 22 heavy (non-hydrogen) atoms. The van der Waals surface area contributed by atoms with Crippen LogP contribution in [0.1, 0.15) is 30.0 Å². The van der Waals surface area contributed by atoms with Gasteiger partial charge in [0.1, 0.15) is 0 Å². The minimum Gasteiger partial charge on any atom is -0.334 e. The lowest BCUT2D eigenvalue weighted by Crippen LogP contribution is -2.37. The van der Waals surface area contributed by atoms with Gasteiger partial charge in [0.05, 0.1) is 36.5 Å². The number of pyridine rings is 1. The summed E-state index contributed by atoms with van der Waals surface area (Å²) in [4.78, 5) is 22.7. The molecule has 2 aliphatic carbocycles. The summed E-state index contributed by atoms with van der Waals surface area (Å²) in [6, 6.07) is 4.59. The van der Waals surface area contributed by atoms with E-state index in [4.69, 9.17) is 11.4 Å². The number of amides is 1. The second-order valence-corrected chi connectivity index (χ2v) is 5.85. The number of likely N-dealkylation sites (N-methyl/N-ethyl adjacent to an activating group) is 1. The lowest BCUT2D eigenvalue weighted by Gasteiger charge is -2.16. The summed E-state index contributed by atoms with van der Waals surface area (Å²) < 4.78 is 0. The monoisotopic (exact) mass is 296 g/mol. The summed E-state index contributed by atoms with van der Waals surface area (Å²) in [5.74, 6) is 2.61. The van der Waals surface area contributed by atoms with Crippen LogP contribution < -0.4 is 5.32 Å². The van der Waals surface area contributed by atoms with E-state index in [1.54, 1.807) is 11.9 Å². The van der Waals surface area contributed by atoms with Crippen molar-refractivity contribution in [2.45, 2.75) is 24.8 Å². The number of aliphatic imine (C=N–C) groups is 1. The third-order valence-corrected chi connectivity index (χ3v) is 4.01. The lowest BCUT2D eigenvalue weighted by molar-refractivity contribution is -0.128. The first-order chi connectivity index (χ1) is 10.7. The van der Waals surface area contributed by atoms with E-state index in [2.05, 4.69) is 22.3 Å². The van der Waals surface area contributed by atoms with Crippen LogP contribution in [0.3, 0.4) is 0 Å². The Labute approximate surface area is 130 Å². The predicted octanol–water partition coefficient (Wildman–Crippen LogP) is 0.812. The molecule has 0 radical (unpaired) electrons. The number of nitrogens with one attached hydrogen (secondary N) is 1. The van der Waals surface area contributed by atoms with Crippen LogP contribution in [0, 0.1) is 12.3 Å². The first kappa shape index (κ1) is 14.7. The van der Waals surface area contributed by atoms with E-state index in [0.717, 1.165) is 11.4 Å². The molecule has 1 heterocycles. The van der Waals surface area contributed by atoms with Crippen LogP contribution >= 0.6 is 0 Å². The Morgan fingerprint density at radius 2 is 2.41 bits per heavy atom. The van der Waals surface area contributed by atoms with E-state index in [1.165, 1.54) is 18.4 Å².